The van der Waals surface area contributed by atoms with E-state index in [1.807, 2.05) is 0 Å². The van der Waals surface area contributed by atoms with Gasteiger partial charge in [0.15, 0.2) is 0 Å². The van der Waals surface area contributed by atoms with Crippen LogP contribution in [0.3, 0.4) is 0 Å². The summed E-state index contributed by atoms with van der Waals surface area (Å²) in [6.07, 6.45) is 0.471. The van der Waals surface area contributed by atoms with Crippen molar-refractivity contribution in [3.8, 4) is 0 Å². The molecule has 0 N–H and O–H groups in total. The first kappa shape index (κ1) is 12.0. The van der Waals surface area contributed by atoms with E-state index in [0.717, 1.165) is 0 Å². The average molecular weight is 203 g/mol. The van der Waals surface area contributed by atoms with Crippen LogP contribution in [0.15, 0.2) is 17.9 Å². The van der Waals surface area contributed by atoms with E-state index >= 15 is 0 Å². The zero-order valence-corrected chi connectivity index (χ0v) is 6.52. The Morgan fingerprint density at radius 3 is 1.77 bits per heavy atom. The molecule has 0 aromatic heterocycles. The van der Waals surface area contributed by atoms with Crippen molar-refractivity contribution >= 4 is 5.71 Å². The van der Waals surface area contributed by atoms with Crippen molar-refractivity contribution in [2.75, 3.05) is 0 Å². The molecule has 0 rings (SSSR count). The number of hydrogen-bond acceptors (Lipinski definition) is 3. The van der Waals surface area contributed by atoms with E-state index in [1.54, 1.807) is 5.21 Å². The summed E-state index contributed by atoms with van der Waals surface area (Å²) in [6, 6.07) is 0. The fraction of sp³-hybridized carbons (Fsp3) is 0.400. The highest BCUT2D eigenvalue weighted by Crippen LogP contribution is 2.25. The van der Waals surface area contributed by atoms with Crippen molar-refractivity contribution in [3.63, 3.8) is 0 Å². The average Bonchev–Trinajstić information content (AvgIpc) is 2.05. The lowest BCUT2D eigenvalue weighted by atomic mass is 10.1. The van der Waals surface area contributed by atoms with Gasteiger partial charge in [-0.25, -0.2) is 0 Å². The van der Waals surface area contributed by atoms with E-state index < -0.39 is 22.1 Å². The Hall–Kier alpha value is -1.02. The third-order valence-electron chi connectivity index (χ3n) is 1.43. The molecule has 0 aromatic rings. The molecule has 0 aliphatic heterocycles. The summed E-state index contributed by atoms with van der Waals surface area (Å²) >= 11 is 0. The molecular weight excluding hydrogens is 197 g/mol. The predicted octanol–water partition coefficient (Wildman–Crippen LogP) is 2.36. The van der Waals surface area contributed by atoms with Gasteiger partial charge in [-0.15, -0.1) is 0 Å². The molecule has 0 spiro atoms. The Kier molecular flexibility index (Phi) is 3.95. The zero-order valence-electron chi connectivity index (χ0n) is 6.52. The molecule has 13 heavy (non-hydrogen) atoms. The van der Waals surface area contributed by atoms with Gasteiger partial charge in [0, 0.05) is 0 Å². The van der Waals surface area contributed by atoms with Crippen LogP contribution in [0.1, 0.15) is 6.92 Å². The van der Waals surface area contributed by atoms with Crippen LogP contribution in [0.4, 0.5) is 22.4 Å². The van der Waals surface area contributed by atoms with E-state index in [2.05, 4.69) is 6.58 Å². The fourth-order valence-corrected chi connectivity index (χ4v) is 0.538. The van der Waals surface area contributed by atoms with Gasteiger partial charge in [-0.05, 0) is 13.0 Å². The van der Waals surface area contributed by atoms with Crippen LogP contribution in [0.2, 0.25) is 0 Å². The van der Waals surface area contributed by atoms with Gasteiger partial charge in [-0.1, -0.05) is 34.2 Å². The summed E-state index contributed by atoms with van der Waals surface area (Å²) in [7, 11) is 0. The number of nitrogens with zero attached hydrogens (tertiary/aromatic N) is 3. The van der Waals surface area contributed by atoms with Crippen LogP contribution in [-0.4, -0.2) is 22.1 Å². The van der Waals surface area contributed by atoms with E-state index in [9.17, 15) is 22.4 Å². The van der Waals surface area contributed by atoms with E-state index in [0.29, 0.717) is 13.0 Å². The minimum Gasteiger partial charge on any atom is -0.0989 e. The van der Waals surface area contributed by atoms with Gasteiger partial charge in [0.25, 0.3) is 0 Å². The third-order valence-corrected chi connectivity index (χ3v) is 1.43. The third kappa shape index (κ3) is 2.01. The highest BCUT2D eigenvalue weighted by molar-refractivity contribution is 6.00. The Bertz CT molecular complexity index is 206. The first-order valence-electron chi connectivity index (χ1n) is 2.96. The largest absolute Gasteiger partial charge is 0.237 e. The summed E-state index contributed by atoms with van der Waals surface area (Å²) in [5.41, 5.74) is -4.42. The highest BCUT2D eigenvalue weighted by Gasteiger charge is 2.47. The van der Waals surface area contributed by atoms with Gasteiger partial charge in [-0.2, -0.15) is 0 Å². The minimum atomic E-state index is -3.23. The molecule has 0 bridgehead atoms. The summed E-state index contributed by atoms with van der Waals surface area (Å²) in [4.78, 5) is 0. The molecule has 0 radical (unpaired) electrons. The Balaban J connectivity index is 5.11. The van der Waals surface area contributed by atoms with Crippen molar-refractivity contribution in [3.05, 3.63) is 12.7 Å². The van der Waals surface area contributed by atoms with E-state index in [-0.39, 0.29) is 0 Å². The molecule has 3 nitrogen and oxygen atoms in total. The molecule has 0 aliphatic carbocycles. The molecule has 0 unspecified atom stereocenters. The minimum absolute atomic E-state index is 0.382. The van der Waals surface area contributed by atoms with Crippen molar-refractivity contribution < 1.29 is 22.4 Å². The maximum absolute atomic E-state index is 12.0. The van der Waals surface area contributed by atoms with Crippen LogP contribution in [-0.2, 0) is 0 Å². The molecule has 0 fully saturated rings. The Morgan fingerprint density at radius 2 is 1.69 bits per heavy atom. The summed E-state index contributed by atoms with van der Waals surface area (Å²) < 4.78 is 59.6. The molecule has 0 heterocycles. The van der Waals surface area contributed by atoms with Crippen molar-refractivity contribution in [1.82, 2.24) is 10.7 Å². The molecule has 0 amide bonds. The quantitative estimate of drug-likeness (QED) is 0.302. The molecule has 0 atom stereocenters. The molecule has 0 saturated carbocycles. The van der Waals surface area contributed by atoms with E-state index in [1.165, 1.54) is 0 Å². The van der Waals surface area contributed by atoms with Crippen LogP contribution in [0.25, 0.3) is 0 Å². The highest BCUT2D eigenvalue weighted by atomic mass is 19.4. The summed E-state index contributed by atoms with van der Waals surface area (Å²) in [5, 5.41) is -1.96. The first-order valence-corrected chi connectivity index (χ1v) is 2.96. The topological polar surface area (TPSA) is 18.8 Å². The lowest BCUT2D eigenvalue weighted by molar-refractivity contribution is -0.338. The lowest BCUT2D eigenvalue weighted by Crippen LogP contribution is -2.51. The standard InChI is InChI=1S/C5H6F5N3/c1-3-4(11-6)5(2,12(7)8)13(9)10/h3H,1H2,2H3. The maximum Gasteiger partial charge on any atom is 0.237 e. The smallest absolute Gasteiger partial charge is 0.0989 e. The van der Waals surface area contributed by atoms with Crippen LogP contribution >= 0.6 is 0 Å². The van der Waals surface area contributed by atoms with Gasteiger partial charge in [-0.3, -0.25) is 0 Å². The number of halogens is 5. The first-order chi connectivity index (χ1) is 5.91. The second-order valence-electron chi connectivity index (χ2n) is 2.16. The molecule has 0 aliphatic rings. The maximum atomic E-state index is 12.0. The van der Waals surface area contributed by atoms with Gasteiger partial charge in [0.1, 0.15) is 5.71 Å². The summed E-state index contributed by atoms with van der Waals surface area (Å²) in [5.74, 6) is 0. The Labute approximate surface area is 70.4 Å². The van der Waals surface area contributed by atoms with Crippen LogP contribution in [0.5, 0.6) is 0 Å². The van der Waals surface area contributed by atoms with Crippen molar-refractivity contribution in [2.45, 2.75) is 12.6 Å². The van der Waals surface area contributed by atoms with Gasteiger partial charge in [0.05, 0.1) is 10.7 Å². The second kappa shape index (κ2) is 4.28. The van der Waals surface area contributed by atoms with E-state index in [4.69, 9.17) is 0 Å². The number of hydrogen-bond donors (Lipinski definition) is 0. The molecular formula is C5H6F5N3. The normalized spacial score (nSPS) is 14.0. The zero-order chi connectivity index (χ0) is 10.6. The Morgan fingerprint density at radius 1 is 1.31 bits per heavy atom. The van der Waals surface area contributed by atoms with Gasteiger partial charge in [0.2, 0.25) is 5.66 Å². The molecule has 8 heteroatoms. The van der Waals surface area contributed by atoms with Crippen LogP contribution < -0.4 is 0 Å². The summed E-state index contributed by atoms with van der Waals surface area (Å²) in [6.45, 7) is 3.25. The van der Waals surface area contributed by atoms with Crippen molar-refractivity contribution in [1.29, 1.82) is 0 Å². The van der Waals surface area contributed by atoms with Crippen LogP contribution in [0, 0.1) is 0 Å². The van der Waals surface area contributed by atoms with Crippen molar-refractivity contribution in [2.24, 2.45) is 5.21 Å². The predicted molar refractivity (Wildman–Crippen MR) is 35.3 cm³/mol. The molecule has 76 valence electrons. The lowest BCUT2D eigenvalue weighted by Gasteiger charge is -2.27. The molecule has 0 saturated heterocycles. The monoisotopic (exact) mass is 203 g/mol. The number of rotatable bonds is 4. The van der Waals surface area contributed by atoms with Gasteiger partial charge >= 0.3 is 0 Å². The van der Waals surface area contributed by atoms with Gasteiger partial charge < -0.3 is 0 Å². The SMILES string of the molecule is C=CC(=NF)C(C)(N(F)F)N(F)F. The second-order valence-corrected chi connectivity index (χ2v) is 2.16. The molecule has 0 aromatic carbocycles. The fourth-order valence-electron chi connectivity index (χ4n) is 0.538.